The average molecular weight is 471 g/mol. The third kappa shape index (κ3) is 8.08. The van der Waals surface area contributed by atoms with E-state index in [1.54, 1.807) is 17.0 Å². The zero-order chi connectivity index (χ0) is 23.5. The van der Waals surface area contributed by atoms with Crippen molar-refractivity contribution < 1.29 is 14.3 Å². The van der Waals surface area contributed by atoms with E-state index in [2.05, 4.69) is 5.32 Å². The van der Waals surface area contributed by atoms with Crippen molar-refractivity contribution in [1.29, 1.82) is 0 Å². The van der Waals surface area contributed by atoms with Crippen LogP contribution in [0.2, 0.25) is 5.02 Å². The molecule has 2 amide bonds. The summed E-state index contributed by atoms with van der Waals surface area (Å²) in [6, 6.07) is 16.8. The van der Waals surface area contributed by atoms with Crippen LogP contribution in [0.4, 0.5) is 0 Å². The fourth-order valence-electron chi connectivity index (χ4n) is 4.33. The van der Waals surface area contributed by atoms with Crippen LogP contribution in [0, 0.1) is 0 Å². The summed E-state index contributed by atoms with van der Waals surface area (Å²) >= 11 is 5.91. The van der Waals surface area contributed by atoms with Crippen molar-refractivity contribution in [2.45, 2.75) is 76.9 Å². The Balaban J connectivity index is 1.61. The lowest BCUT2D eigenvalue weighted by Crippen LogP contribution is -2.51. The zero-order valence-corrected chi connectivity index (χ0v) is 20.2. The molecule has 3 rings (SSSR count). The van der Waals surface area contributed by atoms with E-state index in [1.165, 1.54) is 6.42 Å². The Morgan fingerprint density at radius 2 is 1.76 bits per heavy atom. The van der Waals surface area contributed by atoms with Gasteiger partial charge in [0.25, 0.3) is 0 Å². The van der Waals surface area contributed by atoms with Crippen molar-refractivity contribution >= 4 is 23.4 Å². The number of rotatable bonds is 11. The summed E-state index contributed by atoms with van der Waals surface area (Å²) in [4.78, 5) is 28.2. The van der Waals surface area contributed by atoms with Gasteiger partial charge in [-0.3, -0.25) is 9.59 Å². The first-order chi connectivity index (χ1) is 16.1. The van der Waals surface area contributed by atoms with Crippen molar-refractivity contribution in [2.75, 3.05) is 6.61 Å². The molecule has 0 spiro atoms. The van der Waals surface area contributed by atoms with Crippen LogP contribution in [0.3, 0.4) is 0 Å². The summed E-state index contributed by atoms with van der Waals surface area (Å²) in [5.41, 5.74) is 1.02. The van der Waals surface area contributed by atoms with Crippen molar-refractivity contribution in [1.82, 2.24) is 10.2 Å². The second-order valence-corrected chi connectivity index (χ2v) is 9.12. The molecule has 1 aliphatic rings. The fourth-order valence-corrected chi connectivity index (χ4v) is 4.46. The largest absolute Gasteiger partial charge is 0.494 e. The van der Waals surface area contributed by atoms with Gasteiger partial charge in [-0.2, -0.15) is 0 Å². The molecule has 2 aromatic rings. The molecule has 0 aliphatic heterocycles. The van der Waals surface area contributed by atoms with Gasteiger partial charge in [-0.25, -0.2) is 0 Å². The van der Waals surface area contributed by atoms with Crippen LogP contribution in [0.15, 0.2) is 54.6 Å². The third-order valence-corrected chi connectivity index (χ3v) is 6.40. The second kappa shape index (κ2) is 13.2. The summed E-state index contributed by atoms with van der Waals surface area (Å²) in [6.07, 6.45) is 7.08. The molecule has 0 saturated heterocycles. The molecule has 1 N–H and O–H groups in total. The number of hydrogen-bond donors (Lipinski definition) is 1. The van der Waals surface area contributed by atoms with Crippen LogP contribution >= 0.6 is 11.6 Å². The van der Waals surface area contributed by atoms with E-state index in [-0.39, 0.29) is 17.9 Å². The topological polar surface area (TPSA) is 58.6 Å². The van der Waals surface area contributed by atoms with Gasteiger partial charge in [0.05, 0.1) is 6.61 Å². The quantitative estimate of drug-likeness (QED) is 0.425. The first-order valence-electron chi connectivity index (χ1n) is 12.1. The third-order valence-electron chi connectivity index (χ3n) is 6.15. The van der Waals surface area contributed by atoms with E-state index in [4.69, 9.17) is 16.3 Å². The van der Waals surface area contributed by atoms with Crippen LogP contribution in [-0.4, -0.2) is 35.4 Å². The number of ether oxygens (including phenoxy) is 1. The summed E-state index contributed by atoms with van der Waals surface area (Å²) in [5, 5.41) is 3.87. The van der Waals surface area contributed by atoms with Crippen molar-refractivity contribution in [3.05, 3.63) is 65.2 Å². The van der Waals surface area contributed by atoms with Gasteiger partial charge in [-0.1, -0.05) is 68.1 Å². The van der Waals surface area contributed by atoms with Gasteiger partial charge in [0.1, 0.15) is 11.8 Å². The monoisotopic (exact) mass is 470 g/mol. The summed E-state index contributed by atoms with van der Waals surface area (Å²) in [7, 11) is 0. The number of benzene rings is 2. The van der Waals surface area contributed by atoms with E-state index in [0.29, 0.717) is 37.4 Å². The highest BCUT2D eigenvalue weighted by Crippen LogP contribution is 2.20. The molecule has 0 heterocycles. The Morgan fingerprint density at radius 1 is 1.06 bits per heavy atom. The Kier molecular flexibility index (Phi) is 10.1. The van der Waals surface area contributed by atoms with E-state index in [0.717, 1.165) is 37.0 Å². The molecule has 0 radical (unpaired) electrons. The SMILES string of the molecule is CC[C@H](C(=O)NC1CCCCC1)N(Cc1ccccc1)C(=O)CCCOc1ccc(Cl)cc1. The molecule has 5 nitrogen and oxygen atoms in total. The Labute approximate surface area is 202 Å². The lowest BCUT2D eigenvalue weighted by molar-refractivity contribution is -0.142. The van der Waals surface area contributed by atoms with Crippen LogP contribution in [0.5, 0.6) is 5.75 Å². The molecule has 33 heavy (non-hydrogen) atoms. The number of nitrogens with zero attached hydrogens (tertiary/aromatic N) is 1. The van der Waals surface area contributed by atoms with Crippen molar-refractivity contribution in [3.63, 3.8) is 0 Å². The molecule has 0 bridgehead atoms. The lowest BCUT2D eigenvalue weighted by Gasteiger charge is -2.33. The van der Waals surface area contributed by atoms with Gasteiger partial charge in [0.15, 0.2) is 0 Å². The molecule has 1 fully saturated rings. The molecule has 6 heteroatoms. The van der Waals surface area contributed by atoms with Crippen molar-refractivity contribution in [3.8, 4) is 5.75 Å². The highest BCUT2D eigenvalue weighted by atomic mass is 35.5. The maximum atomic E-state index is 13.3. The van der Waals surface area contributed by atoms with E-state index < -0.39 is 6.04 Å². The number of halogens is 1. The Hall–Kier alpha value is -2.53. The number of amides is 2. The minimum atomic E-state index is -0.475. The summed E-state index contributed by atoms with van der Waals surface area (Å²) in [5.74, 6) is 0.668. The molecule has 0 aromatic heterocycles. The lowest BCUT2D eigenvalue weighted by atomic mass is 9.95. The second-order valence-electron chi connectivity index (χ2n) is 8.68. The highest BCUT2D eigenvalue weighted by Gasteiger charge is 2.30. The molecule has 1 aliphatic carbocycles. The minimum absolute atomic E-state index is 0.0239. The van der Waals surface area contributed by atoms with Gasteiger partial charge in [-0.05, 0) is 55.5 Å². The molecule has 0 unspecified atom stereocenters. The van der Waals surface area contributed by atoms with Gasteiger partial charge in [0.2, 0.25) is 11.8 Å². The van der Waals surface area contributed by atoms with Gasteiger partial charge in [0, 0.05) is 24.0 Å². The predicted octanol–water partition coefficient (Wildman–Crippen LogP) is 5.76. The molecule has 1 atom stereocenters. The molecule has 178 valence electrons. The maximum Gasteiger partial charge on any atom is 0.243 e. The smallest absolute Gasteiger partial charge is 0.243 e. The van der Waals surface area contributed by atoms with Crippen LogP contribution in [0.25, 0.3) is 0 Å². The van der Waals surface area contributed by atoms with Crippen LogP contribution in [-0.2, 0) is 16.1 Å². The Morgan fingerprint density at radius 3 is 2.42 bits per heavy atom. The first-order valence-corrected chi connectivity index (χ1v) is 12.5. The van der Waals surface area contributed by atoms with Gasteiger partial charge < -0.3 is 15.0 Å². The molecule has 1 saturated carbocycles. The number of carbonyl (C=O) groups is 2. The van der Waals surface area contributed by atoms with Crippen LogP contribution in [0.1, 0.15) is 63.9 Å². The van der Waals surface area contributed by atoms with Gasteiger partial charge in [-0.15, -0.1) is 0 Å². The van der Waals surface area contributed by atoms with Crippen LogP contribution < -0.4 is 10.1 Å². The summed E-state index contributed by atoms with van der Waals surface area (Å²) < 4.78 is 5.74. The number of hydrogen-bond acceptors (Lipinski definition) is 3. The summed E-state index contributed by atoms with van der Waals surface area (Å²) in [6.45, 7) is 2.83. The predicted molar refractivity (Wildman–Crippen MR) is 132 cm³/mol. The number of carbonyl (C=O) groups excluding carboxylic acids is 2. The maximum absolute atomic E-state index is 13.3. The van der Waals surface area contributed by atoms with E-state index in [1.807, 2.05) is 49.4 Å². The fraction of sp³-hybridized carbons (Fsp3) is 0.481. The van der Waals surface area contributed by atoms with E-state index in [9.17, 15) is 9.59 Å². The molecular formula is C27H35ClN2O3. The molecular weight excluding hydrogens is 436 g/mol. The highest BCUT2D eigenvalue weighted by molar-refractivity contribution is 6.30. The number of nitrogens with one attached hydrogen (secondary N) is 1. The van der Waals surface area contributed by atoms with E-state index >= 15 is 0 Å². The first kappa shape index (κ1) is 25.1. The normalized spacial score (nSPS) is 15.0. The molecule has 2 aromatic carbocycles. The minimum Gasteiger partial charge on any atom is -0.494 e. The Bertz CT molecular complexity index is 867. The zero-order valence-electron chi connectivity index (χ0n) is 19.5. The standard InChI is InChI=1S/C27H35ClN2O3/c1-2-25(27(32)29-23-12-7-4-8-13-23)30(20-21-10-5-3-6-11-21)26(31)14-9-19-33-24-17-15-22(28)16-18-24/h3,5-6,10-11,15-18,23,25H,2,4,7-9,12-14,19-20H2,1H3,(H,29,32)/t25-/m1/s1. The average Bonchev–Trinajstić information content (AvgIpc) is 2.84. The van der Waals surface area contributed by atoms with Gasteiger partial charge >= 0.3 is 0 Å². The van der Waals surface area contributed by atoms with Crippen molar-refractivity contribution in [2.24, 2.45) is 0 Å².